The maximum absolute atomic E-state index is 12.2. The summed E-state index contributed by atoms with van der Waals surface area (Å²) in [7, 11) is 0. The SMILES string of the molecule is CCCN(CCF)CC1CCCN1. The lowest BCUT2D eigenvalue weighted by Gasteiger charge is -2.23. The van der Waals surface area contributed by atoms with Crippen molar-refractivity contribution in [2.75, 3.05) is 32.9 Å². The summed E-state index contributed by atoms with van der Waals surface area (Å²) in [6.07, 6.45) is 3.65. The minimum absolute atomic E-state index is 0.216. The van der Waals surface area contributed by atoms with E-state index in [2.05, 4.69) is 17.1 Å². The van der Waals surface area contributed by atoms with Gasteiger partial charge in [-0.1, -0.05) is 6.92 Å². The summed E-state index contributed by atoms with van der Waals surface area (Å²) in [4.78, 5) is 2.23. The molecule has 0 saturated carbocycles. The first-order chi connectivity index (χ1) is 6.36. The van der Waals surface area contributed by atoms with Gasteiger partial charge in [0.15, 0.2) is 0 Å². The normalized spacial score (nSPS) is 22.8. The lowest BCUT2D eigenvalue weighted by Crippen LogP contribution is -2.38. The van der Waals surface area contributed by atoms with Crippen LogP contribution in [0, 0.1) is 0 Å². The second-order valence-electron chi connectivity index (χ2n) is 3.78. The minimum Gasteiger partial charge on any atom is -0.313 e. The van der Waals surface area contributed by atoms with Crippen LogP contribution < -0.4 is 5.32 Å². The van der Waals surface area contributed by atoms with E-state index in [-0.39, 0.29) is 6.67 Å². The predicted octanol–water partition coefficient (Wildman–Crippen LogP) is 1.42. The molecule has 0 aromatic heterocycles. The van der Waals surface area contributed by atoms with E-state index in [1.54, 1.807) is 0 Å². The molecule has 2 nitrogen and oxygen atoms in total. The first-order valence-electron chi connectivity index (χ1n) is 5.38. The van der Waals surface area contributed by atoms with Crippen LogP contribution >= 0.6 is 0 Å². The maximum atomic E-state index is 12.2. The van der Waals surface area contributed by atoms with Crippen LogP contribution in [0.3, 0.4) is 0 Å². The van der Waals surface area contributed by atoms with Gasteiger partial charge in [-0.05, 0) is 32.4 Å². The van der Waals surface area contributed by atoms with Gasteiger partial charge in [0.1, 0.15) is 6.67 Å². The predicted molar refractivity (Wildman–Crippen MR) is 53.7 cm³/mol. The molecule has 0 amide bonds. The number of halogens is 1. The van der Waals surface area contributed by atoms with Crippen molar-refractivity contribution in [1.82, 2.24) is 10.2 Å². The van der Waals surface area contributed by atoms with Gasteiger partial charge in [-0.3, -0.25) is 4.90 Å². The van der Waals surface area contributed by atoms with Gasteiger partial charge in [-0.25, -0.2) is 4.39 Å². The van der Waals surface area contributed by atoms with E-state index in [9.17, 15) is 4.39 Å². The van der Waals surface area contributed by atoms with E-state index in [1.807, 2.05) is 0 Å². The van der Waals surface area contributed by atoms with E-state index < -0.39 is 0 Å². The van der Waals surface area contributed by atoms with Crippen LogP contribution in [0.1, 0.15) is 26.2 Å². The van der Waals surface area contributed by atoms with Crippen molar-refractivity contribution >= 4 is 0 Å². The highest BCUT2D eigenvalue weighted by Gasteiger charge is 2.16. The molecule has 1 unspecified atom stereocenters. The second kappa shape index (κ2) is 6.33. The fourth-order valence-electron chi connectivity index (χ4n) is 1.95. The third-order valence-electron chi connectivity index (χ3n) is 2.58. The molecule has 0 aliphatic carbocycles. The molecule has 0 spiro atoms. The van der Waals surface area contributed by atoms with Crippen LogP contribution in [0.5, 0.6) is 0 Å². The van der Waals surface area contributed by atoms with Crippen molar-refractivity contribution < 1.29 is 4.39 Å². The number of hydrogen-bond donors (Lipinski definition) is 1. The van der Waals surface area contributed by atoms with Gasteiger partial charge >= 0.3 is 0 Å². The molecule has 1 saturated heterocycles. The Morgan fingerprint density at radius 3 is 2.85 bits per heavy atom. The molecule has 3 heteroatoms. The van der Waals surface area contributed by atoms with Crippen molar-refractivity contribution in [3.63, 3.8) is 0 Å². The highest BCUT2D eigenvalue weighted by atomic mass is 19.1. The summed E-state index contributed by atoms with van der Waals surface area (Å²) < 4.78 is 12.2. The van der Waals surface area contributed by atoms with Gasteiger partial charge in [-0.15, -0.1) is 0 Å². The average Bonchev–Trinajstić information content (AvgIpc) is 2.58. The molecule has 1 rings (SSSR count). The summed E-state index contributed by atoms with van der Waals surface area (Å²) in [6.45, 7) is 5.73. The van der Waals surface area contributed by atoms with Crippen molar-refractivity contribution in [2.24, 2.45) is 0 Å². The van der Waals surface area contributed by atoms with Crippen molar-refractivity contribution in [3.05, 3.63) is 0 Å². The largest absolute Gasteiger partial charge is 0.313 e. The quantitative estimate of drug-likeness (QED) is 0.678. The van der Waals surface area contributed by atoms with Crippen LogP contribution in [0.4, 0.5) is 4.39 Å². The monoisotopic (exact) mass is 188 g/mol. The molecule has 78 valence electrons. The molecule has 1 N–H and O–H groups in total. The maximum Gasteiger partial charge on any atom is 0.102 e. The van der Waals surface area contributed by atoms with E-state index in [4.69, 9.17) is 0 Å². The summed E-state index contributed by atoms with van der Waals surface area (Å²) in [5.74, 6) is 0. The molecule has 13 heavy (non-hydrogen) atoms. The van der Waals surface area contributed by atoms with Crippen LogP contribution in [0.25, 0.3) is 0 Å². The molecule has 1 heterocycles. The topological polar surface area (TPSA) is 15.3 Å². The van der Waals surface area contributed by atoms with E-state index in [0.29, 0.717) is 12.6 Å². The minimum atomic E-state index is -0.216. The Labute approximate surface area is 80.5 Å². The number of nitrogens with one attached hydrogen (secondary N) is 1. The van der Waals surface area contributed by atoms with Crippen molar-refractivity contribution in [2.45, 2.75) is 32.2 Å². The Morgan fingerprint density at radius 1 is 1.46 bits per heavy atom. The summed E-state index contributed by atoms with van der Waals surface area (Å²) in [5, 5.41) is 3.44. The molecule has 0 aromatic rings. The van der Waals surface area contributed by atoms with Crippen molar-refractivity contribution in [1.29, 1.82) is 0 Å². The van der Waals surface area contributed by atoms with Gasteiger partial charge < -0.3 is 5.32 Å². The lowest BCUT2D eigenvalue weighted by molar-refractivity contribution is 0.229. The molecule has 1 aliphatic rings. The highest BCUT2D eigenvalue weighted by Crippen LogP contribution is 2.07. The van der Waals surface area contributed by atoms with E-state index in [0.717, 1.165) is 26.1 Å². The Morgan fingerprint density at radius 2 is 2.31 bits per heavy atom. The molecule has 0 aromatic carbocycles. The smallest absolute Gasteiger partial charge is 0.102 e. The van der Waals surface area contributed by atoms with Crippen LogP contribution in [-0.4, -0.2) is 43.8 Å². The zero-order chi connectivity index (χ0) is 9.52. The third-order valence-corrected chi connectivity index (χ3v) is 2.58. The molecule has 0 bridgehead atoms. The van der Waals surface area contributed by atoms with Gasteiger partial charge in [0.05, 0.1) is 0 Å². The van der Waals surface area contributed by atoms with E-state index in [1.165, 1.54) is 12.8 Å². The fourth-order valence-corrected chi connectivity index (χ4v) is 1.95. The summed E-state index contributed by atoms with van der Waals surface area (Å²) >= 11 is 0. The van der Waals surface area contributed by atoms with Gasteiger partial charge in [0, 0.05) is 19.1 Å². The Bertz CT molecular complexity index is 118. The number of alkyl halides is 1. The van der Waals surface area contributed by atoms with Crippen LogP contribution in [0.2, 0.25) is 0 Å². The number of rotatable bonds is 6. The standard InChI is InChI=1S/C10H21FN2/c1-2-7-13(8-5-11)9-10-4-3-6-12-10/h10,12H,2-9H2,1H3. The summed E-state index contributed by atoms with van der Waals surface area (Å²) in [6, 6.07) is 0.609. The Balaban J connectivity index is 2.19. The summed E-state index contributed by atoms with van der Waals surface area (Å²) in [5.41, 5.74) is 0. The highest BCUT2D eigenvalue weighted by molar-refractivity contribution is 4.77. The van der Waals surface area contributed by atoms with E-state index >= 15 is 0 Å². The van der Waals surface area contributed by atoms with Crippen LogP contribution in [-0.2, 0) is 0 Å². The zero-order valence-electron chi connectivity index (χ0n) is 8.56. The van der Waals surface area contributed by atoms with Crippen molar-refractivity contribution in [3.8, 4) is 0 Å². The second-order valence-corrected chi connectivity index (χ2v) is 3.78. The molecule has 1 fully saturated rings. The third kappa shape index (κ3) is 4.05. The zero-order valence-corrected chi connectivity index (χ0v) is 8.56. The molecule has 0 radical (unpaired) electrons. The van der Waals surface area contributed by atoms with Gasteiger partial charge in [-0.2, -0.15) is 0 Å². The van der Waals surface area contributed by atoms with Gasteiger partial charge in [0.2, 0.25) is 0 Å². The van der Waals surface area contributed by atoms with Gasteiger partial charge in [0.25, 0.3) is 0 Å². The Hall–Kier alpha value is -0.150. The number of hydrogen-bond acceptors (Lipinski definition) is 2. The molecule has 1 atom stereocenters. The molecule has 1 aliphatic heterocycles. The first kappa shape index (κ1) is 10.9. The van der Waals surface area contributed by atoms with Crippen LogP contribution in [0.15, 0.2) is 0 Å². The average molecular weight is 188 g/mol. The number of nitrogens with zero attached hydrogens (tertiary/aromatic N) is 1. The lowest BCUT2D eigenvalue weighted by atomic mass is 10.2. The first-order valence-corrected chi connectivity index (χ1v) is 5.38. The Kier molecular flexibility index (Phi) is 5.32. The fraction of sp³-hybridized carbons (Fsp3) is 1.00. The molecular formula is C10H21FN2. The molecular weight excluding hydrogens is 167 g/mol.